The normalized spacial score (nSPS) is 10.6. The number of anilines is 2. The van der Waals surface area contributed by atoms with Crippen LogP contribution in [0.4, 0.5) is 11.5 Å². The Kier molecular flexibility index (Phi) is 7.90. The second-order valence-electron chi connectivity index (χ2n) is 7.36. The maximum atomic E-state index is 13.1. The summed E-state index contributed by atoms with van der Waals surface area (Å²) in [6.07, 6.45) is 1.77. The van der Waals surface area contributed by atoms with Crippen molar-refractivity contribution in [3.8, 4) is 5.75 Å². The molecule has 0 unspecified atom stereocenters. The van der Waals surface area contributed by atoms with Crippen LogP contribution in [0.5, 0.6) is 5.75 Å². The van der Waals surface area contributed by atoms with E-state index in [1.807, 2.05) is 12.1 Å². The van der Waals surface area contributed by atoms with Gasteiger partial charge in [0.25, 0.3) is 11.8 Å². The van der Waals surface area contributed by atoms with Crippen LogP contribution in [0.15, 0.2) is 60.8 Å². The zero-order valence-corrected chi connectivity index (χ0v) is 18.6. The molecule has 0 fully saturated rings. The number of hydrogen-bond acceptors (Lipinski definition) is 4. The highest BCUT2D eigenvalue weighted by molar-refractivity contribution is 6.30. The molecular formula is C24H23BClN3O3. The lowest BCUT2D eigenvalue weighted by molar-refractivity contribution is 0.102. The van der Waals surface area contributed by atoms with Gasteiger partial charge in [0, 0.05) is 6.20 Å². The topological polar surface area (TPSA) is 80.3 Å². The summed E-state index contributed by atoms with van der Waals surface area (Å²) in [4.78, 5) is 29.9. The summed E-state index contributed by atoms with van der Waals surface area (Å²) in [5, 5.41) is 5.98. The molecule has 2 aromatic carbocycles. The van der Waals surface area contributed by atoms with Gasteiger partial charge in [-0.1, -0.05) is 50.0 Å². The number of benzene rings is 2. The quantitative estimate of drug-likeness (QED) is 0.457. The molecule has 162 valence electrons. The number of carbonyl (C=O) groups is 2. The van der Waals surface area contributed by atoms with Crippen molar-refractivity contribution in [1.82, 2.24) is 4.98 Å². The van der Waals surface area contributed by atoms with E-state index in [9.17, 15) is 9.59 Å². The first-order valence-electron chi connectivity index (χ1n) is 10.2. The first-order valence-corrected chi connectivity index (χ1v) is 10.6. The van der Waals surface area contributed by atoms with Crippen LogP contribution in [0.3, 0.4) is 0 Å². The molecule has 0 spiro atoms. The Balaban J connectivity index is 1.84. The van der Waals surface area contributed by atoms with Gasteiger partial charge in [-0.15, -0.1) is 0 Å². The van der Waals surface area contributed by atoms with E-state index in [-0.39, 0.29) is 12.5 Å². The molecule has 1 heterocycles. The molecule has 0 saturated heterocycles. The van der Waals surface area contributed by atoms with Gasteiger partial charge in [-0.05, 0) is 47.9 Å². The molecule has 6 nitrogen and oxygen atoms in total. The molecule has 32 heavy (non-hydrogen) atoms. The minimum absolute atomic E-state index is 0.276. The molecule has 3 rings (SSSR count). The predicted molar refractivity (Wildman–Crippen MR) is 128 cm³/mol. The van der Waals surface area contributed by atoms with Crippen LogP contribution >= 0.6 is 11.6 Å². The highest BCUT2D eigenvalue weighted by Gasteiger charge is 2.18. The lowest BCUT2D eigenvalue weighted by Crippen LogP contribution is -2.19. The summed E-state index contributed by atoms with van der Waals surface area (Å²) < 4.78 is 5.72. The van der Waals surface area contributed by atoms with Gasteiger partial charge in [-0.25, -0.2) is 4.98 Å². The molecule has 0 saturated carbocycles. The number of hydrogen-bond donors (Lipinski definition) is 2. The zero-order valence-electron chi connectivity index (χ0n) is 17.9. The smallest absolute Gasteiger partial charge is 0.259 e. The maximum absolute atomic E-state index is 13.1. The van der Waals surface area contributed by atoms with Crippen molar-refractivity contribution in [2.24, 2.45) is 0 Å². The summed E-state index contributed by atoms with van der Waals surface area (Å²) in [6.45, 7) is 4.41. The van der Waals surface area contributed by atoms with E-state index in [4.69, 9.17) is 24.2 Å². The fourth-order valence-electron chi connectivity index (χ4n) is 2.99. The summed E-state index contributed by atoms with van der Waals surface area (Å²) in [7, 11) is 5.57. The fraction of sp³-hybridized carbons (Fsp3) is 0.208. The first-order chi connectivity index (χ1) is 15.4. The molecule has 0 aliphatic carbocycles. The third kappa shape index (κ3) is 5.89. The molecule has 0 aliphatic rings. The van der Waals surface area contributed by atoms with Crippen LogP contribution in [-0.4, -0.2) is 31.3 Å². The van der Waals surface area contributed by atoms with Crippen LogP contribution in [-0.2, 0) is 0 Å². The van der Waals surface area contributed by atoms with Crippen molar-refractivity contribution in [2.75, 3.05) is 17.2 Å². The molecule has 2 radical (unpaired) electrons. The second-order valence-corrected chi connectivity index (χ2v) is 7.80. The molecule has 2 amide bonds. The standard InChI is InChI=1S/C24H23BClN3O3/c1-15(2)16-7-9-19(21(13-16)32-12-11-25)24(31)28-20-6-4-3-5-18(20)23(30)29-22-10-8-17(26)14-27-22/h3-10,13-15H,11-12H2,1-2H3,(H,28,31)(H,27,29,30). The molecule has 3 aromatic rings. The average Bonchev–Trinajstić information content (AvgIpc) is 2.79. The molecule has 0 aliphatic heterocycles. The number of pyridine rings is 1. The second kappa shape index (κ2) is 10.8. The minimum Gasteiger partial charge on any atom is -0.494 e. The van der Waals surface area contributed by atoms with Crippen molar-refractivity contribution in [2.45, 2.75) is 26.1 Å². The van der Waals surface area contributed by atoms with Gasteiger partial charge in [-0.2, -0.15) is 0 Å². The van der Waals surface area contributed by atoms with Gasteiger partial charge in [-0.3, -0.25) is 9.59 Å². The molecule has 1 aromatic heterocycles. The van der Waals surface area contributed by atoms with E-state index >= 15 is 0 Å². The monoisotopic (exact) mass is 447 g/mol. The lowest BCUT2D eigenvalue weighted by Gasteiger charge is -2.16. The van der Waals surface area contributed by atoms with Crippen LogP contribution in [0.25, 0.3) is 0 Å². The number of ether oxygens (including phenoxy) is 1. The van der Waals surface area contributed by atoms with Gasteiger partial charge >= 0.3 is 0 Å². The molecule has 0 bridgehead atoms. The van der Waals surface area contributed by atoms with E-state index in [0.717, 1.165) is 5.56 Å². The highest BCUT2D eigenvalue weighted by atomic mass is 35.5. The van der Waals surface area contributed by atoms with Gasteiger partial charge in [0.05, 0.1) is 36.3 Å². The Morgan fingerprint density at radius 2 is 1.78 bits per heavy atom. The Hall–Kier alpha value is -3.32. The van der Waals surface area contributed by atoms with Crippen molar-refractivity contribution >= 4 is 42.8 Å². The number of amides is 2. The van der Waals surface area contributed by atoms with E-state index in [1.165, 1.54) is 6.20 Å². The highest BCUT2D eigenvalue weighted by Crippen LogP contribution is 2.27. The summed E-state index contributed by atoms with van der Waals surface area (Å²) in [5.41, 5.74) is 2.06. The largest absolute Gasteiger partial charge is 0.494 e. The molecule has 2 N–H and O–H groups in total. The summed E-state index contributed by atoms with van der Waals surface area (Å²) in [6, 6.07) is 15.4. The van der Waals surface area contributed by atoms with Crippen LogP contribution in [0, 0.1) is 0 Å². The third-order valence-electron chi connectivity index (χ3n) is 4.68. The minimum atomic E-state index is -0.412. The van der Waals surface area contributed by atoms with Gasteiger partial charge < -0.3 is 15.4 Å². The van der Waals surface area contributed by atoms with E-state index in [0.29, 0.717) is 39.7 Å². The fourth-order valence-corrected chi connectivity index (χ4v) is 3.10. The number of halogens is 1. The van der Waals surface area contributed by atoms with Gasteiger partial charge in [0.1, 0.15) is 11.6 Å². The van der Waals surface area contributed by atoms with E-state index < -0.39 is 11.8 Å². The van der Waals surface area contributed by atoms with Crippen molar-refractivity contribution in [3.05, 3.63) is 82.5 Å². The number of nitrogens with zero attached hydrogens (tertiary/aromatic N) is 1. The van der Waals surface area contributed by atoms with Crippen molar-refractivity contribution in [3.63, 3.8) is 0 Å². The first kappa shape index (κ1) is 23.4. The van der Waals surface area contributed by atoms with Gasteiger partial charge in [0.2, 0.25) is 0 Å². The Morgan fingerprint density at radius 1 is 1.03 bits per heavy atom. The van der Waals surface area contributed by atoms with E-state index in [2.05, 4.69) is 29.5 Å². The Morgan fingerprint density at radius 3 is 2.47 bits per heavy atom. The average molecular weight is 448 g/mol. The Bertz CT molecular complexity index is 1100. The zero-order chi connectivity index (χ0) is 23.1. The van der Waals surface area contributed by atoms with Gasteiger partial charge in [0.15, 0.2) is 0 Å². The number of aromatic nitrogens is 1. The molecular weight excluding hydrogens is 425 g/mol. The molecule has 8 heteroatoms. The van der Waals surface area contributed by atoms with Crippen LogP contribution < -0.4 is 15.4 Å². The van der Waals surface area contributed by atoms with Crippen LogP contribution in [0.2, 0.25) is 11.3 Å². The Labute approximate surface area is 193 Å². The summed E-state index contributed by atoms with van der Waals surface area (Å²) in [5.74, 6) is 0.273. The summed E-state index contributed by atoms with van der Waals surface area (Å²) >= 11 is 5.84. The predicted octanol–water partition coefficient (Wildman–Crippen LogP) is 5.33. The molecule has 0 atom stereocenters. The number of nitrogens with one attached hydrogen (secondary N) is 2. The van der Waals surface area contributed by atoms with Crippen molar-refractivity contribution < 1.29 is 14.3 Å². The lowest BCUT2D eigenvalue weighted by atomic mass is 10.0. The number of para-hydroxylation sites is 1. The number of rotatable bonds is 8. The SMILES string of the molecule is [B]CCOc1cc(C(C)C)ccc1C(=O)Nc1ccccc1C(=O)Nc1ccc(Cl)cn1. The maximum Gasteiger partial charge on any atom is 0.259 e. The third-order valence-corrected chi connectivity index (χ3v) is 4.90. The van der Waals surface area contributed by atoms with Crippen LogP contribution in [0.1, 0.15) is 46.0 Å². The number of carbonyl (C=O) groups excluding carboxylic acids is 2. The van der Waals surface area contributed by atoms with Crippen molar-refractivity contribution in [1.29, 1.82) is 0 Å². The van der Waals surface area contributed by atoms with E-state index in [1.54, 1.807) is 42.5 Å².